The van der Waals surface area contributed by atoms with Crippen molar-refractivity contribution in [3.05, 3.63) is 78.5 Å². The maximum atomic E-state index is 15.2. The van der Waals surface area contributed by atoms with Gasteiger partial charge in [0.25, 0.3) is 0 Å². The van der Waals surface area contributed by atoms with Crippen LogP contribution in [0.2, 0.25) is 0 Å². The van der Waals surface area contributed by atoms with Crippen LogP contribution in [0.25, 0.3) is 10.9 Å². The zero-order valence-electron chi connectivity index (χ0n) is 25.2. The lowest BCUT2D eigenvalue weighted by atomic mass is 10.0. The Hall–Kier alpha value is -5.26. The molecule has 1 heterocycles. The van der Waals surface area contributed by atoms with E-state index in [4.69, 9.17) is 18.9 Å². The minimum atomic E-state index is -1.29. The number of aromatic nitrogens is 1. The molecular weight excluding hydrogens is 600 g/mol. The molecule has 2 aliphatic carbocycles. The highest BCUT2D eigenvalue weighted by Gasteiger charge is 2.56. The molecule has 0 spiro atoms. The van der Waals surface area contributed by atoms with Crippen LogP contribution in [0.1, 0.15) is 39.0 Å². The number of hydrogen-bond acceptors (Lipinski definition) is 8. The van der Waals surface area contributed by atoms with Gasteiger partial charge >= 0.3 is 5.97 Å². The average molecular weight is 632 g/mol. The first-order valence-corrected chi connectivity index (χ1v) is 14.8. The SMILES string of the molecule is CCC(=O)OC1(COc2cc3nccc(Oc4ccc(NC(=O)C5(C(=O)Nc6ccc(F)cc6)CC5)cc4F)c3cc2OC)CC1. The number of carbonyl (C=O) groups is 3. The zero-order valence-corrected chi connectivity index (χ0v) is 25.2. The molecule has 0 bridgehead atoms. The first-order valence-electron chi connectivity index (χ1n) is 14.8. The monoisotopic (exact) mass is 631 g/mol. The normalized spacial score (nSPS) is 15.4. The Bertz CT molecular complexity index is 1820. The molecule has 2 aliphatic rings. The molecule has 46 heavy (non-hydrogen) atoms. The number of nitrogens with one attached hydrogen (secondary N) is 2. The van der Waals surface area contributed by atoms with Crippen molar-refractivity contribution in [2.24, 2.45) is 5.41 Å². The van der Waals surface area contributed by atoms with Crippen molar-refractivity contribution in [3.8, 4) is 23.0 Å². The third-order valence-electron chi connectivity index (χ3n) is 8.04. The quantitative estimate of drug-likeness (QED) is 0.134. The van der Waals surface area contributed by atoms with Crippen molar-refractivity contribution in [1.82, 2.24) is 4.98 Å². The second-order valence-electron chi connectivity index (χ2n) is 11.4. The van der Waals surface area contributed by atoms with E-state index in [-0.39, 0.29) is 30.4 Å². The number of benzene rings is 3. The molecule has 238 valence electrons. The lowest BCUT2D eigenvalue weighted by Crippen LogP contribution is -2.35. The van der Waals surface area contributed by atoms with Crippen LogP contribution in [0.3, 0.4) is 0 Å². The number of esters is 1. The van der Waals surface area contributed by atoms with Gasteiger partial charge in [0.15, 0.2) is 23.1 Å². The Kier molecular flexibility index (Phi) is 8.20. The molecule has 2 amide bonds. The Morgan fingerprint density at radius 1 is 0.826 bits per heavy atom. The molecular formula is C34H31F2N3O7. The van der Waals surface area contributed by atoms with E-state index in [1.54, 1.807) is 25.1 Å². The summed E-state index contributed by atoms with van der Waals surface area (Å²) in [5.41, 5.74) is -0.913. The van der Waals surface area contributed by atoms with Gasteiger partial charge in [-0.1, -0.05) is 6.92 Å². The Morgan fingerprint density at radius 3 is 2.15 bits per heavy atom. The fourth-order valence-electron chi connectivity index (χ4n) is 4.92. The van der Waals surface area contributed by atoms with Crippen LogP contribution in [-0.2, 0) is 19.1 Å². The van der Waals surface area contributed by atoms with Crippen molar-refractivity contribution < 1.29 is 42.1 Å². The molecule has 2 fully saturated rings. The smallest absolute Gasteiger partial charge is 0.306 e. The van der Waals surface area contributed by atoms with Crippen LogP contribution in [0, 0.1) is 17.0 Å². The Labute approximate surface area is 263 Å². The van der Waals surface area contributed by atoms with E-state index < -0.39 is 34.5 Å². The molecule has 0 atom stereocenters. The maximum Gasteiger partial charge on any atom is 0.306 e. The highest BCUT2D eigenvalue weighted by molar-refractivity contribution is 6.16. The van der Waals surface area contributed by atoms with Gasteiger partial charge in [0.1, 0.15) is 29.2 Å². The fraction of sp³-hybridized carbons (Fsp3) is 0.294. The second-order valence-corrected chi connectivity index (χ2v) is 11.4. The summed E-state index contributed by atoms with van der Waals surface area (Å²) in [5.74, 6) is -1.56. The van der Waals surface area contributed by atoms with E-state index in [1.807, 2.05) is 0 Å². The predicted molar refractivity (Wildman–Crippen MR) is 164 cm³/mol. The number of halogens is 2. The number of methoxy groups -OCH3 is 1. The number of carbonyl (C=O) groups excluding carboxylic acids is 3. The summed E-state index contributed by atoms with van der Waals surface area (Å²) in [6, 6.07) is 14.1. The topological polar surface area (TPSA) is 125 Å². The summed E-state index contributed by atoms with van der Waals surface area (Å²) in [7, 11) is 1.49. The second kappa shape index (κ2) is 12.3. The summed E-state index contributed by atoms with van der Waals surface area (Å²) < 4.78 is 51.4. The van der Waals surface area contributed by atoms with Gasteiger partial charge in [-0.25, -0.2) is 8.78 Å². The molecule has 3 aromatic carbocycles. The molecule has 0 aliphatic heterocycles. The molecule has 0 radical (unpaired) electrons. The number of anilines is 2. The minimum Gasteiger partial charge on any atom is -0.493 e. The van der Waals surface area contributed by atoms with Crippen molar-refractivity contribution in [2.45, 2.75) is 44.6 Å². The minimum absolute atomic E-state index is 0.103. The zero-order chi connectivity index (χ0) is 32.5. The van der Waals surface area contributed by atoms with E-state index in [2.05, 4.69) is 15.6 Å². The molecule has 6 rings (SSSR count). The molecule has 2 saturated carbocycles. The summed E-state index contributed by atoms with van der Waals surface area (Å²) >= 11 is 0. The number of fused-ring (bicyclic) bond motifs is 1. The number of amides is 2. The number of pyridine rings is 1. The van der Waals surface area contributed by atoms with Gasteiger partial charge in [0.2, 0.25) is 11.8 Å². The summed E-state index contributed by atoms with van der Waals surface area (Å²) in [5, 5.41) is 5.79. The third-order valence-corrected chi connectivity index (χ3v) is 8.04. The number of nitrogens with zero attached hydrogens (tertiary/aromatic N) is 1. The van der Waals surface area contributed by atoms with Crippen LogP contribution in [0.15, 0.2) is 66.9 Å². The van der Waals surface area contributed by atoms with E-state index in [0.29, 0.717) is 59.5 Å². The van der Waals surface area contributed by atoms with Gasteiger partial charge in [-0.05, 0) is 74.2 Å². The summed E-state index contributed by atoms with van der Waals surface area (Å²) in [6.45, 7) is 1.91. The summed E-state index contributed by atoms with van der Waals surface area (Å²) in [4.78, 5) is 42.1. The van der Waals surface area contributed by atoms with Crippen molar-refractivity contribution in [3.63, 3.8) is 0 Å². The number of ether oxygens (including phenoxy) is 4. The van der Waals surface area contributed by atoms with Crippen molar-refractivity contribution in [2.75, 3.05) is 24.4 Å². The van der Waals surface area contributed by atoms with Crippen LogP contribution in [0.5, 0.6) is 23.0 Å². The average Bonchev–Trinajstić information content (AvgIpc) is 3.99. The lowest BCUT2D eigenvalue weighted by Gasteiger charge is -2.19. The van der Waals surface area contributed by atoms with Crippen LogP contribution in [0.4, 0.5) is 20.2 Å². The summed E-state index contributed by atoms with van der Waals surface area (Å²) in [6.07, 6.45) is 3.88. The molecule has 1 aromatic heterocycles. The molecule has 10 nitrogen and oxygen atoms in total. The molecule has 0 unspecified atom stereocenters. The van der Waals surface area contributed by atoms with Crippen molar-refractivity contribution in [1.29, 1.82) is 0 Å². The predicted octanol–water partition coefficient (Wildman–Crippen LogP) is 6.54. The van der Waals surface area contributed by atoms with Crippen LogP contribution in [-0.4, -0.2) is 42.1 Å². The van der Waals surface area contributed by atoms with Crippen LogP contribution < -0.4 is 24.8 Å². The van der Waals surface area contributed by atoms with Crippen molar-refractivity contribution >= 4 is 40.1 Å². The largest absolute Gasteiger partial charge is 0.493 e. The Morgan fingerprint density at radius 2 is 1.52 bits per heavy atom. The lowest BCUT2D eigenvalue weighted by molar-refractivity contribution is -0.152. The first kappa shape index (κ1) is 30.8. The fourth-order valence-corrected chi connectivity index (χ4v) is 4.92. The van der Waals surface area contributed by atoms with Gasteiger partial charge in [0, 0.05) is 41.5 Å². The van der Waals surface area contributed by atoms with Gasteiger partial charge < -0.3 is 29.6 Å². The molecule has 0 saturated heterocycles. The highest BCUT2D eigenvalue weighted by Crippen LogP contribution is 2.48. The molecule has 2 N–H and O–H groups in total. The Balaban J connectivity index is 1.14. The van der Waals surface area contributed by atoms with E-state index in [1.165, 1.54) is 49.7 Å². The number of hydrogen-bond donors (Lipinski definition) is 2. The van der Waals surface area contributed by atoms with Crippen LogP contribution >= 0.6 is 0 Å². The van der Waals surface area contributed by atoms with Gasteiger partial charge in [0.05, 0.1) is 12.6 Å². The van der Waals surface area contributed by atoms with E-state index in [9.17, 15) is 18.8 Å². The first-order chi connectivity index (χ1) is 22.1. The van der Waals surface area contributed by atoms with E-state index in [0.717, 1.165) is 6.07 Å². The standard InChI is InChI=1S/C34H31F2N3O7/c1-3-30(40)46-33(11-12-33)19-44-29-18-25-23(17-28(29)43-2)26(10-15-37-25)45-27-9-8-22(16-24(27)36)39-32(42)34(13-14-34)31(41)38-21-6-4-20(35)5-7-21/h4-10,15-18H,3,11-14,19H2,1-2H3,(H,38,41)(H,39,42). The van der Waals surface area contributed by atoms with Gasteiger partial charge in [-0.3, -0.25) is 19.4 Å². The maximum absolute atomic E-state index is 15.2. The highest BCUT2D eigenvalue weighted by atomic mass is 19.1. The number of rotatable bonds is 12. The van der Waals surface area contributed by atoms with Gasteiger partial charge in [-0.15, -0.1) is 0 Å². The molecule has 4 aromatic rings. The van der Waals surface area contributed by atoms with E-state index >= 15 is 4.39 Å². The molecule has 12 heteroatoms. The third kappa shape index (κ3) is 6.42. The van der Waals surface area contributed by atoms with Gasteiger partial charge in [-0.2, -0.15) is 0 Å².